The number of halogens is 2. The zero-order chi connectivity index (χ0) is 19.6. The van der Waals surface area contributed by atoms with E-state index < -0.39 is 21.5 Å². The van der Waals surface area contributed by atoms with Crippen LogP contribution in [0.5, 0.6) is 0 Å². The Hall–Kier alpha value is -2.44. The predicted octanol–water partition coefficient (Wildman–Crippen LogP) is 1.69. The number of sulfonamides is 1. The lowest BCUT2D eigenvalue weighted by molar-refractivity contribution is -0.385. The Bertz CT molecular complexity index is 926. The molecule has 1 fully saturated rings. The molecule has 0 atom stereocenters. The quantitative estimate of drug-likeness (QED) is 0.539. The molecule has 27 heavy (non-hydrogen) atoms. The van der Waals surface area contributed by atoms with Crippen LogP contribution in [-0.2, 0) is 16.6 Å². The first-order chi connectivity index (χ1) is 12.8. The number of nitro groups is 1. The number of nitrogens with zero attached hydrogens (tertiary/aromatic N) is 5. The van der Waals surface area contributed by atoms with Gasteiger partial charge in [0.05, 0.1) is 16.4 Å². The lowest BCUT2D eigenvalue weighted by atomic mass is 10.3. The lowest BCUT2D eigenvalue weighted by Gasteiger charge is -2.33. The molecule has 2 aromatic rings. The monoisotopic (exact) mass is 401 g/mol. The summed E-state index contributed by atoms with van der Waals surface area (Å²) in [7, 11) is -3.86. The highest BCUT2D eigenvalue weighted by atomic mass is 32.2. The second-order valence-corrected chi connectivity index (χ2v) is 7.90. The molecule has 0 saturated carbocycles. The summed E-state index contributed by atoms with van der Waals surface area (Å²) in [6, 6.07) is 4.89. The summed E-state index contributed by atoms with van der Waals surface area (Å²) in [4.78, 5) is 15.8. The molecule has 0 amide bonds. The van der Waals surface area contributed by atoms with Gasteiger partial charge in [-0.2, -0.15) is 13.1 Å². The molecule has 3 rings (SSSR count). The van der Waals surface area contributed by atoms with E-state index in [1.54, 1.807) is 0 Å². The maximum absolute atomic E-state index is 12.9. The number of alkyl halides is 2. The third kappa shape index (κ3) is 4.12. The molecule has 1 aromatic carbocycles. The van der Waals surface area contributed by atoms with Gasteiger partial charge in [0.25, 0.3) is 5.69 Å². The Morgan fingerprint density at radius 3 is 2.56 bits per heavy atom. The van der Waals surface area contributed by atoms with Crippen LogP contribution in [0.25, 0.3) is 0 Å². The number of benzene rings is 1. The average molecular weight is 401 g/mol. The van der Waals surface area contributed by atoms with Crippen LogP contribution in [0.2, 0.25) is 0 Å². The zero-order valence-corrected chi connectivity index (χ0v) is 14.9. The second kappa shape index (κ2) is 7.66. The molecule has 0 radical (unpaired) electrons. The first-order valence-corrected chi connectivity index (χ1v) is 9.50. The lowest BCUT2D eigenvalue weighted by Crippen LogP contribution is -2.48. The van der Waals surface area contributed by atoms with Crippen molar-refractivity contribution in [1.29, 1.82) is 0 Å². The molecule has 1 saturated heterocycles. The van der Waals surface area contributed by atoms with E-state index in [4.69, 9.17) is 0 Å². The molecule has 2 heterocycles. The van der Waals surface area contributed by atoms with Crippen molar-refractivity contribution < 1.29 is 22.1 Å². The summed E-state index contributed by atoms with van der Waals surface area (Å²) in [5.41, 5.74) is -0.298. The summed E-state index contributed by atoms with van der Waals surface area (Å²) >= 11 is 0. The van der Waals surface area contributed by atoms with Crippen LogP contribution in [-0.4, -0.2) is 58.3 Å². The fraction of sp³-hybridized carbons (Fsp3) is 0.400. The van der Waals surface area contributed by atoms with Gasteiger partial charge in [-0.15, -0.1) is 0 Å². The maximum Gasteiger partial charge on any atom is 0.319 e. The van der Waals surface area contributed by atoms with E-state index >= 15 is 0 Å². The molecule has 1 aromatic heterocycles. The van der Waals surface area contributed by atoms with Gasteiger partial charge in [-0.25, -0.2) is 13.4 Å². The minimum Gasteiger partial charge on any atom is -0.293 e. The van der Waals surface area contributed by atoms with Gasteiger partial charge in [-0.1, -0.05) is 6.07 Å². The number of nitro benzene ring substituents is 1. The molecule has 0 aliphatic carbocycles. The smallest absolute Gasteiger partial charge is 0.293 e. The summed E-state index contributed by atoms with van der Waals surface area (Å²) < 4.78 is 53.2. The average Bonchev–Trinajstić information content (AvgIpc) is 3.10. The molecular weight excluding hydrogens is 384 g/mol. The first-order valence-electron chi connectivity index (χ1n) is 8.06. The van der Waals surface area contributed by atoms with Crippen LogP contribution in [0.4, 0.5) is 14.5 Å². The first kappa shape index (κ1) is 19.3. The number of non-ortho nitro benzene ring substituents is 1. The minimum absolute atomic E-state index is 0.140. The number of rotatable bonds is 6. The van der Waals surface area contributed by atoms with Crippen molar-refractivity contribution in [1.82, 2.24) is 18.8 Å². The Kier molecular flexibility index (Phi) is 5.48. The van der Waals surface area contributed by atoms with Gasteiger partial charge in [0, 0.05) is 50.7 Å². The standard InChI is InChI=1S/C15H17F2N5O4S/c16-15(17)21-5-4-18-14(21)11-19-6-8-20(9-7-19)27(25,26)13-3-1-2-12(10-13)22(23)24/h1-5,10,15H,6-9,11H2. The highest BCUT2D eigenvalue weighted by molar-refractivity contribution is 7.89. The fourth-order valence-electron chi connectivity index (χ4n) is 2.88. The van der Waals surface area contributed by atoms with E-state index in [2.05, 4.69) is 4.98 Å². The number of imidazole rings is 1. The van der Waals surface area contributed by atoms with E-state index in [0.29, 0.717) is 13.1 Å². The van der Waals surface area contributed by atoms with E-state index in [1.807, 2.05) is 4.90 Å². The predicted molar refractivity (Wildman–Crippen MR) is 90.6 cm³/mol. The maximum atomic E-state index is 12.9. The minimum atomic E-state index is -3.86. The summed E-state index contributed by atoms with van der Waals surface area (Å²) in [5, 5.41) is 10.9. The molecule has 0 unspecified atom stereocenters. The van der Waals surface area contributed by atoms with Gasteiger partial charge in [0.1, 0.15) is 5.82 Å². The molecule has 146 valence electrons. The van der Waals surface area contributed by atoms with E-state index in [0.717, 1.165) is 10.6 Å². The van der Waals surface area contributed by atoms with Gasteiger partial charge in [-0.3, -0.25) is 19.6 Å². The van der Waals surface area contributed by atoms with Gasteiger partial charge in [0.2, 0.25) is 10.0 Å². The van der Waals surface area contributed by atoms with Crippen molar-refractivity contribution in [2.75, 3.05) is 26.2 Å². The van der Waals surface area contributed by atoms with Crippen LogP contribution in [0.3, 0.4) is 0 Å². The normalized spacial score (nSPS) is 16.7. The van der Waals surface area contributed by atoms with E-state index in [9.17, 15) is 27.3 Å². The van der Waals surface area contributed by atoms with Crippen molar-refractivity contribution in [2.45, 2.75) is 18.0 Å². The Labute approximate surface area is 154 Å². The summed E-state index contributed by atoms with van der Waals surface area (Å²) in [6.45, 7) is -1.52. The number of hydrogen-bond donors (Lipinski definition) is 0. The molecule has 0 bridgehead atoms. The van der Waals surface area contributed by atoms with Crippen molar-refractivity contribution in [3.8, 4) is 0 Å². The largest absolute Gasteiger partial charge is 0.319 e. The molecule has 1 aliphatic heterocycles. The molecular formula is C15H17F2N5O4S. The number of aromatic nitrogens is 2. The molecule has 9 nitrogen and oxygen atoms in total. The van der Waals surface area contributed by atoms with Crippen LogP contribution in [0, 0.1) is 10.1 Å². The van der Waals surface area contributed by atoms with Gasteiger partial charge in [0.15, 0.2) is 0 Å². The van der Waals surface area contributed by atoms with Crippen molar-refractivity contribution in [2.24, 2.45) is 0 Å². The number of piperazine rings is 1. The highest BCUT2D eigenvalue weighted by Gasteiger charge is 2.30. The second-order valence-electron chi connectivity index (χ2n) is 5.96. The topological polar surface area (TPSA) is 102 Å². The third-order valence-corrected chi connectivity index (χ3v) is 6.22. The van der Waals surface area contributed by atoms with Crippen LogP contribution in [0.15, 0.2) is 41.6 Å². The molecule has 1 aliphatic rings. The van der Waals surface area contributed by atoms with Gasteiger partial charge < -0.3 is 0 Å². The third-order valence-electron chi connectivity index (χ3n) is 4.32. The van der Waals surface area contributed by atoms with Gasteiger partial charge in [-0.05, 0) is 6.07 Å². The Morgan fingerprint density at radius 1 is 1.22 bits per heavy atom. The van der Waals surface area contributed by atoms with Crippen LogP contribution < -0.4 is 0 Å². The summed E-state index contributed by atoms with van der Waals surface area (Å²) in [5.74, 6) is 0.208. The summed E-state index contributed by atoms with van der Waals surface area (Å²) in [6.07, 6.45) is 2.49. The van der Waals surface area contributed by atoms with Crippen LogP contribution in [0.1, 0.15) is 12.4 Å². The zero-order valence-electron chi connectivity index (χ0n) is 14.1. The SMILES string of the molecule is O=[N+]([O-])c1cccc(S(=O)(=O)N2CCN(Cc3nccn3C(F)F)CC2)c1. The Balaban J connectivity index is 1.67. The Morgan fingerprint density at radius 2 is 1.93 bits per heavy atom. The van der Waals surface area contributed by atoms with Crippen molar-refractivity contribution in [3.63, 3.8) is 0 Å². The van der Waals surface area contributed by atoms with Gasteiger partial charge >= 0.3 is 6.55 Å². The fourth-order valence-corrected chi connectivity index (χ4v) is 4.34. The molecule has 0 spiro atoms. The highest BCUT2D eigenvalue weighted by Crippen LogP contribution is 2.22. The van der Waals surface area contributed by atoms with Crippen molar-refractivity contribution >= 4 is 15.7 Å². The van der Waals surface area contributed by atoms with Crippen LogP contribution >= 0.6 is 0 Å². The van der Waals surface area contributed by atoms with E-state index in [-0.39, 0.29) is 36.0 Å². The number of hydrogen-bond acceptors (Lipinski definition) is 6. The molecule has 12 heteroatoms. The van der Waals surface area contributed by atoms with Crippen molar-refractivity contribution in [3.05, 3.63) is 52.6 Å². The van der Waals surface area contributed by atoms with E-state index in [1.165, 1.54) is 34.9 Å². The molecule has 0 N–H and O–H groups in total.